The lowest BCUT2D eigenvalue weighted by Gasteiger charge is -2.39. The van der Waals surface area contributed by atoms with Crippen LogP contribution in [0.1, 0.15) is 54.5 Å². The first-order valence-corrected chi connectivity index (χ1v) is 16.8. The highest BCUT2D eigenvalue weighted by atomic mass is 16.5. The van der Waals surface area contributed by atoms with Crippen LogP contribution in [0.15, 0.2) is 97.1 Å². The first-order valence-electron chi connectivity index (χ1n) is 16.8. The maximum atomic E-state index is 7.55. The van der Waals surface area contributed by atoms with Gasteiger partial charge in [0.15, 0.2) is 17.1 Å². The largest absolute Gasteiger partial charge is 0.493 e. The van der Waals surface area contributed by atoms with E-state index in [4.69, 9.17) is 18.9 Å². The molecule has 8 rings (SSSR count). The fourth-order valence-electron chi connectivity index (χ4n) is 8.38. The number of benzene rings is 5. The molecule has 1 fully saturated rings. The average molecular weight is 624 g/mol. The van der Waals surface area contributed by atoms with Crippen LogP contribution in [0.2, 0.25) is 0 Å². The van der Waals surface area contributed by atoms with E-state index in [1.165, 1.54) is 27.9 Å². The van der Waals surface area contributed by atoms with E-state index in [0.29, 0.717) is 11.5 Å². The molecule has 2 heterocycles. The average Bonchev–Trinajstić information content (AvgIpc) is 3.45. The van der Waals surface area contributed by atoms with Gasteiger partial charge in [-0.1, -0.05) is 86.7 Å². The SMILES string of the molecule is CCC1(CC)c2ccccc2-c2c1c1c(c3cc(OC)c(OC)cc23)OC(c2ccccc2)(c2ccc(N3CCOCC3)cc2)C=C1. The molecule has 0 spiro atoms. The van der Waals surface area contributed by atoms with Crippen molar-refractivity contribution in [1.82, 2.24) is 0 Å². The molecule has 0 aromatic heterocycles. The second kappa shape index (κ2) is 11.5. The second-order valence-corrected chi connectivity index (χ2v) is 12.8. The van der Waals surface area contributed by atoms with E-state index >= 15 is 0 Å². The lowest BCUT2D eigenvalue weighted by Crippen LogP contribution is -2.37. The Balaban J connectivity index is 1.41. The summed E-state index contributed by atoms with van der Waals surface area (Å²) in [6, 6.07) is 32.7. The van der Waals surface area contributed by atoms with E-state index in [1.54, 1.807) is 14.2 Å². The maximum absolute atomic E-state index is 7.55. The van der Waals surface area contributed by atoms with Crippen molar-refractivity contribution < 1.29 is 18.9 Å². The van der Waals surface area contributed by atoms with Gasteiger partial charge in [0.1, 0.15) is 5.75 Å². The third-order valence-corrected chi connectivity index (χ3v) is 10.8. The molecule has 0 radical (unpaired) electrons. The Morgan fingerprint density at radius 1 is 0.745 bits per heavy atom. The second-order valence-electron chi connectivity index (χ2n) is 12.8. The molecule has 1 atom stereocenters. The summed E-state index contributed by atoms with van der Waals surface area (Å²) >= 11 is 0. The molecule has 0 bridgehead atoms. The smallest absolute Gasteiger partial charge is 0.178 e. The van der Waals surface area contributed by atoms with Crippen molar-refractivity contribution in [2.45, 2.75) is 37.7 Å². The van der Waals surface area contributed by atoms with Crippen molar-refractivity contribution in [2.75, 3.05) is 45.4 Å². The molecule has 47 heavy (non-hydrogen) atoms. The number of rotatable bonds is 7. The minimum atomic E-state index is -0.835. The fourth-order valence-corrected chi connectivity index (χ4v) is 8.38. The third kappa shape index (κ3) is 4.33. The number of fused-ring (bicyclic) bond motifs is 8. The fraction of sp³-hybridized carbons (Fsp3) is 0.286. The normalized spacial score (nSPS) is 19.1. The minimum absolute atomic E-state index is 0.141. The van der Waals surface area contributed by atoms with Gasteiger partial charge in [-0.3, -0.25) is 0 Å². The Kier molecular flexibility index (Phi) is 7.25. The zero-order chi connectivity index (χ0) is 32.2. The zero-order valence-electron chi connectivity index (χ0n) is 27.6. The molecular formula is C42H41NO4. The predicted molar refractivity (Wildman–Crippen MR) is 190 cm³/mol. The highest BCUT2D eigenvalue weighted by Gasteiger charge is 2.47. The molecule has 1 saturated heterocycles. The van der Waals surface area contributed by atoms with Gasteiger partial charge in [-0.25, -0.2) is 0 Å². The van der Waals surface area contributed by atoms with Gasteiger partial charge in [-0.05, 0) is 70.8 Å². The van der Waals surface area contributed by atoms with Crippen molar-refractivity contribution in [1.29, 1.82) is 0 Å². The van der Waals surface area contributed by atoms with Crippen LogP contribution >= 0.6 is 0 Å². The van der Waals surface area contributed by atoms with Crippen molar-refractivity contribution in [2.24, 2.45) is 0 Å². The standard InChI is InChI=1S/C42H41NO4/c1-5-41(6-2)35-15-11-10-14-31(35)38-33-26-36(44-3)37(45-4)27-34(33)40-32(39(38)41)20-21-42(47-40,28-12-8-7-9-13-28)29-16-18-30(19-17-29)43-22-24-46-25-23-43/h7-21,26-27H,5-6,22-25H2,1-4H3. The van der Waals surface area contributed by atoms with E-state index in [9.17, 15) is 0 Å². The molecule has 5 heteroatoms. The summed E-state index contributed by atoms with van der Waals surface area (Å²) in [6.07, 6.45) is 6.59. The van der Waals surface area contributed by atoms with Gasteiger partial charge in [0.2, 0.25) is 0 Å². The van der Waals surface area contributed by atoms with Crippen LogP contribution in [-0.2, 0) is 15.8 Å². The summed E-state index contributed by atoms with van der Waals surface area (Å²) in [6.45, 7) is 7.94. The van der Waals surface area contributed by atoms with Gasteiger partial charge in [-0.15, -0.1) is 0 Å². The maximum Gasteiger partial charge on any atom is 0.178 e. The van der Waals surface area contributed by atoms with E-state index < -0.39 is 5.60 Å². The van der Waals surface area contributed by atoms with E-state index in [2.05, 4.69) is 122 Å². The van der Waals surface area contributed by atoms with E-state index in [1.807, 2.05) is 0 Å². The quantitative estimate of drug-likeness (QED) is 0.181. The summed E-state index contributed by atoms with van der Waals surface area (Å²) < 4.78 is 24.9. The monoisotopic (exact) mass is 623 g/mol. The Morgan fingerprint density at radius 3 is 2.06 bits per heavy atom. The Bertz CT molecular complexity index is 1990. The summed E-state index contributed by atoms with van der Waals surface area (Å²) in [7, 11) is 3.40. The molecule has 1 unspecified atom stereocenters. The van der Waals surface area contributed by atoms with Gasteiger partial charge in [-0.2, -0.15) is 0 Å². The van der Waals surface area contributed by atoms with Crippen LogP contribution < -0.4 is 19.1 Å². The third-order valence-electron chi connectivity index (χ3n) is 10.8. The van der Waals surface area contributed by atoms with Crippen LogP contribution in [0, 0.1) is 0 Å². The van der Waals surface area contributed by atoms with Crippen LogP contribution in [0.3, 0.4) is 0 Å². The van der Waals surface area contributed by atoms with E-state index in [0.717, 1.165) is 72.4 Å². The van der Waals surface area contributed by atoms with E-state index in [-0.39, 0.29) is 5.41 Å². The molecule has 1 aliphatic carbocycles. The predicted octanol–water partition coefficient (Wildman–Crippen LogP) is 9.13. The Labute approximate surface area is 277 Å². The van der Waals surface area contributed by atoms with Crippen LogP contribution in [0.25, 0.3) is 28.0 Å². The van der Waals surface area contributed by atoms with Crippen LogP contribution in [-0.4, -0.2) is 40.5 Å². The first-order chi connectivity index (χ1) is 23.1. The molecule has 5 aromatic rings. The highest BCUT2D eigenvalue weighted by molar-refractivity contribution is 6.09. The number of hydrogen-bond acceptors (Lipinski definition) is 5. The number of anilines is 1. The first kappa shape index (κ1) is 29.6. The lowest BCUT2D eigenvalue weighted by atomic mass is 9.71. The van der Waals surface area contributed by atoms with Crippen LogP contribution in [0.4, 0.5) is 5.69 Å². The van der Waals surface area contributed by atoms with Gasteiger partial charge in [0, 0.05) is 46.3 Å². The van der Waals surface area contributed by atoms with Gasteiger partial charge in [0.05, 0.1) is 27.4 Å². The summed E-state index contributed by atoms with van der Waals surface area (Å²) in [4.78, 5) is 2.39. The summed E-state index contributed by atoms with van der Waals surface area (Å²) in [5, 5.41) is 2.14. The Morgan fingerprint density at radius 2 is 1.38 bits per heavy atom. The zero-order valence-corrected chi connectivity index (χ0v) is 27.6. The number of ether oxygens (including phenoxy) is 4. The molecule has 238 valence electrons. The Hall–Kier alpha value is -4.74. The number of methoxy groups -OCH3 is 2. The summed E-state index contributed by atoms with van der Waals surface area (Å²) in [5.74, 6) is 2.27. The number of hydrogen-bond donors (Lipinski definition) is 0. The van der Waals surface area contributed by atoms with Crippen molar-refractivity contribution in [3.63, 3.8) is 0 Å². The molecule has 2 aliphatic heterocycles. The van der Waals surface area contributed by atoms with Crippen molar-refractivity contribution >= 4 is 22.5 Å². The van der Waals surface area contributed by atoms with Crippen molar-refractivity contribution in [3.8, 4) is 28.4 Å². The minimum Gasteiger partial charge on any atom is -0.493 e. The molecule has 0 amide bonds. The van der Waals surface area contributed by atoms with Crippen molar-refractivity contribution in [3.05, 3.63) is 125 Å². The lowest BCUT2D eigenvalue weighted by molar-refractivity contribution is 0.122. The molecule has 3 aliphatic rings. The topological polar surface area (TPSA) is 40.2 Å². The molecule has 5 nitrogen and oxygen atoms in total. The van der Waals surface area contributed by atoms with Gasteiger partial charge in [0.25, 0.3) is 0 Å². The number of morpholine rings is 1. The van der Waals surface area contributed by atoms with Gasteiger partial charge < -0.3 is 23.8 Å². The number of nitrogens with zero attached hydrogens (tertiary/aromatic N) is 1. The van der Waals surface area contributed by atoms with Crippen LogP contribution in [0.5, 0.6) is 17.2 Å². The summed E-state index contributed by atoms with van der Waals surface area (Å²) in [5.41, 5.74) is 8.83. The molecule has 5 aromatic carbocycles. The van der Waals surface area contributed by atoms with Gasteiger partial charge >= 0.3 is 0 Å². The molecule has 0 saturated carbocycles. The molecule has 0 N–H and O–H groups in total. The highest BCUT2D eigenvalue weighted by Crippen LogP contribution is 2.61. The molecular weight excluding hydrogens is 582 g/mol.